The number of methoxy groups -OCH3 is 1. The van der Waals surface area contributed by atoms with Gasteiger partial charge in [0.15, 0.2) is 0 Å². The van der Waals surface area contributed by atoms with E-state index in [0.717, 1.165) is 39.8 Å². The van der Waals surface area contributed by atoms with Crippen LogP contribution in [-0.2, 0) is 6.42 Å². The number of aromatic amines is 1. The fourth-order valence-corrected chi connectivity index (χ4v) is 2.98. The summed E-state index contributed by atoms with van der Waals surface area (Å²) in [5.74, 6) is 0.853. The molecule has 0 unspecified atom stereocenters. The Kier molecular flexibility index (Phi) is 3.27. The van der Waals surface area contributed by atoms with Gasteiger partial charge in [0.05, 0.1) is 18.3 Å². The van der Waals surface area contributed by atoms with Gasteiger partial charge >= 0.3 is 0 Å². The van der Waals surface area contributed by atoms with Gasteiger partial charge in [-0.25, -0.2) is 4.98 Å². The molecule has 114 valence electrons. The third kappa shape index (κ3) is 2.34. The summed E-state index contributed by atoms with van der Waals surface area (Å²) in [5, 5.41) is 2.31. The Morgan fingerprint density at radius 3 is 2.78 bits per heavy atom. The van der Waals surface area contributed by atoms with Gasteiger partial charge in [-0.3, -0.25) is 0 Å². The number of hydrogen-bond donors (Lipinski definition) is 1. The molecule has 0 radical (unpaired) electrons. The molecule has 4 aromatic rings. The first-order valence-corrected chi connectivity index (χ1v) is 7.83. The summed E-state index contributed by atoms with van der Waals surface area (Å²) >= 11 is 0. The summed E-state index contributed by atoms with van der Waals surface area (Å²) in [6.45, 7) is 2.18. The number of fused-ring (bicyclic) bond motifs is 2. The second-order valence-corrected chi connectivity index (χ2v) is 5.69. The maximum atomic E-state index is 5.28. The average molecular weight is 302 g/mol. The van der Waals surface area contributed by atoms with Crippen molar-refractivity contribution in [1.82, 2.24) is 9.97 Å². The predicted molar refractivity (Wildman–Crippen MR) is 95.0 cm³/mol. The molecule has 4 rings (SSSR count). The maximum Gasteiger partial charge on any atom is 0.119 e. The van der Waals surface area contributed by atoms with E-state index in [9.17, 15) is 0 Å². The standard InChI is InChI=1S/C20H18N2O/c1-3-13-4-7-19-16(10-13)17(12-21-19)20-8-5-14-11-15(23-2)6-9-18(14)22-20/h4-12,21H,3H2,1-2H3. The van der Waals surface area contributed by atoms with Gasteiger partial charge in [0.2, 0.25) is 0 Å². The zero-order chi connectivity index (χ0) is 15.8. The minimum Gasteiger partial charge on any atom is -0.497 e. The van der Waals surface area contributed by atoms with Crippen molar-refractivity contribution >= 4 is 21.8 Å². The Labute approximate surface area is 134 Å². The molecule has 2 aromatic carbocycles. The van der Waals surface area contributed by atoms with Crippen LogP contribution in [0.15, 0.2) is 54.7 Å². The first-order valence-electron chi connectivity index (χ1n) is 7.83. The van der Waals surface area contributed by atoms with E-state index in [-0.39, 0.29) is 0 Å². The quantitative estimate of drug-likeness (QED) is 0.581. The summed E-state index contributed by atoms with van der Waals surface area (Å²) in [6, 6.07) is 16.7. The van der Waals surface area contributed by atoms with Crippen LogP contribution < -0.4 is 4.74 Å². The molecule has 3 nitrogen and oxygen atoms in total. The van der Waals surface area contributed by atoms with Gasteiger partial charge in [0.25, 0.3) is 0 Å². The molecule has 2 aromatic heterocycles. The fourth-order valence-electron chi connectivity index (χ4n) is 2.98. The number of pyridine rings is 1. The number of nitrogens with one attached hydrogen (secondary N) is 1. The van der Waals surface area contributed by atoms with Crippen LogP contribution in [0.2, 0.25) is 0 Å². The van der Waals surface area contributed by atoms with Crippen molar-refractivity contribution in [3.8, 4) is 17.0 Å². The number of rotatable bonds is 3. The summed E-state index contributed by atoms with van der Waals surface area (Å²) in [7, 11) is 1.68. The minimum atomic E-state index is 0.853. The van der Waals surface area contributed by atoms with Gasteiger partial charge in [-0.1, -0.05) is 19.1 Å². The normalized spacial score (nSPS) is 11.2. The molecule has 0 fully saturated rings. The van der Waals surface area contributed by atoms with E-state index < -0.39 is 0 Å². The number of benzene rings is 2. The van der Waals surface area contributed by atoms with Gasteiger partial charge in [-0.15, -0.1) is 0 Å². The highest BCUT2D eigenvalue weighted by molar-refractivity contribution is 5.96. The van der Waals surface area contributed by atoms with Crippen LogP contribution in [0.1, 0.15) is 12.5 Å². The van der Waals surface area contributed by atoms with Crippen molar-refractivity contribution in [1.29, 1.82) is 0 Å². The highest BCUT2D eigenvalue weighted by Crippen LogP contribution is 2.30. The lowest BCUT2D eigenvalue weighted by molar-refractivity contribution is 0.415. The van der Waals surface area contributed by atoms with E-state index in [4.69, 9.17) is 9.72 Å². The van der Waals surface area contributed by atoms with E-state index in [1.54, 1.807) is 7.11 Å². The van der Waals surface area contributed by atoms with Gasteiger partial charge < -0.3 is 9.72 Å². The Morgan fingerprint density at radius 1 is 1.04 bits per heavy atom. The van der Waals surface area contributed by atoms with Crippen LogP contribution in [0, 0.1) is 0 Å². The number of aryl methyl sites for hydroxylation is 1. The van der Waals surface area contributed by atoms with Crippen molar-refractivity contribution in [2.75, 3.05) is 7.11 Å². The van der Waals surface area contributed by atoms with E-state index >= 15 is 0 Å². The van der Waals surface area contributed by atoms with Crippen LogP contribution in [0.4, 0.5) is 0 Å². The molecule has 3 heteroatoms. The summed E-state index contributed by atoms with van der Waals surface area (Å²) in [5.41, 5.74) is 5.59. The monoisotopic (exact) mass is 302 g/mol. The summed E-state index contributed by atoms with van der Waals surface area (Å²) in [6.07, 6.45) is 3.08. The smallest absolute Gasteiger partial charge is 0.119 e. The number of nitrogens with zero attached hydrogens (tertiary/aromatic N) is 1. The molecule has 0 aliphatic heterocycles. The number of hydrogen-bond acceptors (Lipinski definition) is 2. The highest BCUT2D eigenvalue weighted by Gasteiger charge is 2.09. The second-order valence-electron chi connectivity index (χ2n) is 5.69. The zero-order valence-corrected chi connectivity index (χ0v) is 13.3. The Balaban J connectivity index is 1.88. The largest absolute Gasteiger partial charge is 0.497 e. The van der Waals surface area contributed by atoms with Crippen LogP contribution in [0.25, 0.3) is 33.1 Å². The van der Waals surface area contributed by atoms with Crippen molar-refractivity contribution in [2.24, 2.45) is 0 Å². The molecule has 0 spiro atoms. The molecular weight excluding hydrogens is 284 g/mol. The van der Waals surface area contributed by atoms with Crippen molar-refractivity contribution in [3.05, 3.63) is 60.3 Å². The van der Waals surface area contributed by atoms with Gasteiger partial charge in [0, 0.05) is 28.0 Å². The number of H-pyrrole nitrogens is 1. The fraction of sp³-hybridized carbons (Fsp3) is 0.150. The van der Waals surface area contributed by atoms with Crippen molar-refractivity contribution in [2.45, 2.75) is 13.3 Å². The lowest BCUT2D eigenvalue weighted by Gasteiger charge is -2.05. The van der Waals surface area contributed by atoms with Crippen LogP contribution in [-0.4, -0.2) is 17.1 Å². The molecule has 23 heavy (non-hydrogen) atoms. The molecule has 0 aliphatic rings. The SMILES string of the molecule is CCc1ccc2[nH]cc(-c3ccc4cc(OC)ccc4n3)c2c1. The molecule has 0 saturated heterocycles. The maximum absolute atomic E-state index is 5.28. The third-order valence-electron chi connectivity index (χ3n) is 4.33. The van der Waals surface area contributed by atoms with Gasteiger partial charge in [0.1, 0.15) is 5.75 Å². The lowest BCUT2D eigenvalue weighted by atomic mass is 10.0. The zero-order valence-electron chi connectivity index (χ0n) is 13.3. The highest BCUT2D eigenvalue weighted by atomic mass is 16.5. The first kappa shape index (κ1) is 13.8. The molecule has 0 amide bonds. The number of ether oxygens (including phenoxy) is 1. The molecule has 0 atom stereocenters. The lowest BCUT2D eigenvalue weighted by Crippen LogP contribution is -1.87. The van der Waals surface area contributed by atoms with Gasteiger partial charge in [-0.05, 0) is 48.4 Å². The van der Waals surface area contributed by atoms with E-state index in [0.29, 0.717) is 0 Å². The Bertz CT molecular complexity index is 1000. The van der Waals surface area contributed by atoms with Crippen LogP contribution >= 0.6 is 0 Å². The average Bonchev–Trinajstić information content (AvgIpc) is 3.03. The Hall–Kier alpha value is -2.81. The molecule has 0 bridgehead atoms. The predicted octanol–water partition coefficient (Wildman–Crippen LogP) is 4.95. The molecular formula is C20H18N2O. The van der Waals surface area contributed by atoms with Gasteiger partial charge in [-0.2, -0.15) is 0 Å². The molecule has 2 heterocycles. The molecule has 0 aliphatic carbocycles. The third-order valence-corrected chi connectivity index (χ3v) is 4.33. The van der Waals surface area contributed by atoms with Crippen molar-refractivity contribution in [3.63, 3.8) is 0 Å². The summed E-state index contributed by atoms with van der Waals surface area (Å²) in [4.78, 5) is 8.17. The molecule has 1 N–H and O–H groups in total. The van der Waals surface area contributed by atoms with Crippen LogP contribution in [0.3, 0.4) is 0 Å². The van der Waals surface area contributed by atoms with Crippen molar-refractivity contribution < 1.29 is 4.74 Å². The summed E-state index contributed by atoms with van der Waals surface area (Å²) < 4.78 is 5.28. The minimum absolute atomic E-state index is 0.853. The topological polar surface area (TPSA) is 37.9 Å². The molecule has 0 saturated carbocycles. The number of aromatic nitrogens is 2. The van der Waals surface area contributed by atoms with E-state index in [1.807, 2.05) is 24.4 Å². The first-order chi connectivity index (χ1) is 11.3. The van der Waals surface area contributed by atoms with E-state index in [1.165, 1.54) is 10.9 Å². The Morgan fingerprint density at radius 2 is 1.96 bits per heavy atom. The van der Waals surface area contributed by atoms with Crippen LogP contribution in [0.5, 0.6) is 5.75 Å². The van der Waals surface area contributed by atoms with E-state index in [2.05, 4.69) is 42.2 Å². The second kappa shape index (κ2) is 5.43.